The van der Waals surface area contributed by atoms with Gasteiger partial charge in [-0.05, 0) is 66.2 Å². The fourth-order valence-electron chi connectivity index (χ4n) is 5.13. The molecular weight excluding hydrogens is 478 g/mol. The number of nitrogens with one attached hydrogen (secondary N) is 1. The number of carbonyl (C=O) groups excluding carboxylic acids is 1. The number of hydrogen-bond acceptors (Lipinski definition) is 6. The van der Waals surface area contributed by atoms with E-state index < -0.39 is 35.4 Å². The second kappa shape index (κ2) is 10.2. The van der Waals surface area contributed by atoms with Crippen LogP contribution >= 0.6 is 0 Å². The molecule has 0 radical (unpaired) electrons. The van der Waals surface area contributed by atoms with Crippen LogP contribution in [-0.2, 0) is 6.42 Å². The van der Waals surface area contributed by atoms with Crippen LogP contribution in [0.25, 0.3) is 10.8 Å². The number of nitrogens with zero attached hydrogens (tertiary/aromatic N) is 2. The van der Waals surface area contributed by atoms with Crippen LogP contribution in [0.4, 0.5) is 11.4 Å². The van der Waals surface area contributed by atoms with Crippen LogP contribution in [0, 0.1) is 26.1 Å². The van der Waals surface area contributed by atoms with E-state index in [0.29, 0.717) is 0 Å². The molecule has 3 aromatic rings. The first-order valence-electron chi connectivity index (χ1n) is 12.0. The number of aryl methyl sites for hydroxylation is 1. The Morgan fingerprint density at radius 2 is 1.72 bits per heavy atom. The number of carbonyl (C=O) groups is 1. The standard InChI is InChI=1S/C26H29N3O6Si/c1-36(2,35)13-5-7-19-12-11-18-10-9-17-6-3-4-8-23(17)24(18)25(19)27-26(30)20-14-21(28(31)32)16-22(15-20)29(33)34/h3-4,6,8-10,14-16,19,25,35H,5,7,11-13H2,1-2H3,(H,27,30)/t19-,25-/m0/s1. The van der Waals surface area contributed by atoms with Crippen molar-refractivity contribution in [2.75, 3.05) is 0 Å². The van der Waals surface area contributed by atoms with Crippen LogP contribution < -0.4 is 5.32 Å². The molecule has 0 aliphatic heterocycles. The average molecular weight is 508 g/mol. The normalized spacial score (nSPS) is 17.4. The summed E-state index contributed by atoms with van der Waals surface area (Å²) in [6.45, 7) is 3.82. The summed E-state index contributed by atoms with van der Waals surface area (Å²) in [6.07, 6.45) is 3.34. The van der Waals surface area contributed by atoms with E-state index >= 15 is 0 Å². The van der Waals surface area contributed by atoms with Gasteiger partial charge in [-0.3, -0.25) is 25.0 Å². The second-order valence-corrected chi connectivity index (χ2v) is 14.2. The molecule has 2 atom stereocenters. The summed E-state index contributed by atoms with van der Waals surface area (Å²) in [4.78, 5) is 44.9. The largest absolute Gasteiger partial charge is 0.432 e. The number of benzene rings is 3. The smallest absolute Gasteiger partial charge is 0.277 e. The van der Waals surface area contributed by atoms with E-state index in [1.165, 1.54) is 0 Å². The van der Waals surface area contributed by atoms with Crippen molar-refractivity contribution in [3.05, 3.63) is 91.5 Å². The van der Waals surface area contributed by atoms with Crippen LogP contribution in [0.5, 0.6) is 0 Å². The molecule has 0 heterocycles. The first-order chi connectivity index (χ1) is 17.0. The van der Waals surface area contributed by atoms with Crippen LogP contribution in [0.2, 0.25) is 19.1 Å². The highest BCUT2D eigenvalue weighted by molar-refractivity contribution is 6.69. The molecule has 0 fully saturated rings. The van der Waals surface area contributed by atoms with E-state index in [1.54, 1.807) is 0 Å². The number of non-ortho nitro benzene ring substituents is 2. The SMILES string of the molecule is C[Si](C)(O)CCC[C@H]1CCc2ccc3ccccc3c2[C@H]1NC(=O)c1cc([N+](=O)[O-])cc([N+](=O)[O-])c1. The maximum atomic E-state index is 13.4. The minimum Gasteiger partial charge on any atom is -0.432 e. The Bertz CT molecular complexity index is 1300. The Labute approximate surface area is 209 Å². The average Bonchev–Trinajstić information content (AvgIpc) is 2.83. The number of amides is 1. The summed E-state index contributed by atoms with van der Waals surface area (Å²) in [7, 11) is -2.21. The lowest BCUT2D eigenvalue weighted by molar-refractivity contribution is -0.394. The summed E-state index contributed by atoms with van der Waals surface area (Å²) in [5, 5.41) is 27.8. The maximum Gasteiger partial charge on any atom is 0.277 e. The highest BCUT2D eigenvalue weighted by Crippen LogP contribution is 2.41. The van der Waals surface area contributed by atoms with Gasteiger partial charge in [-0.25, -0.2) is 0 Å². The predicted octanol–water partition coefficient (Wildman–Crippen LogP) is 5.67. The fraction of sp³-hybridized carbons (Fsp3) is 0.346. The number of fused-ring (bicyclic) bond motifs is 3. The third kappa shape index (κ3) is 5.60. The Morgan fingerprint density at radius 1 is 1.06 bits per heavy atom. The number of hydrogen-bond donors (Lipinski definition) is 2. The molecule has 0 spiro atoms. The van der Waals surface area contributed by atoms with Crippen molar-refractivity contribution >= 4 is 36.4 Å². The Hall–Kier alpha value is -3.63. The number of nitro benzene ring substituents is 2. The molecule has 3 aromatic carbocycles. The number of nitro groups is 2. The van der Waals surface area contributed by atoms with Gasteiger partial charge in [0.05, 0.1) is 27.5 Å². The molecule has 0 unspecified atom stereocenters. The summed E-state index contributed by atoms with van der Waals surface area (Å²) in [6, 6.07) is 15.5. The van der Waals surface area contributed by atoms with Gasteiger partial charge < -0.3 is 10.1 Å². The Balaban J connectivity index is 1.73. The highest BCUT2D eigenvalue weighted by atomic mass is 28.4. The van der Waals surface area contributed by atoms with E-state index in [-0.39, 0.29) is 17.5 Å². The monoisotopic (exact) mass is 507 g/mol. The molecule has 36 heavy (non-hydrogen) atoms. The van der Waals surface area contributed by atoms with E-state index in [1.807, 2.05) is 37.4 Å². The minimum absolute atomic E-state index is 0.0947. The topological polar surface area (TPSA) is 136 Å². The maximum absolute atomic E-state index is 13.4. The van der Waals surface area contributed by atoms with Gasteiger partial charge in [0, 0.05) is 12.1 Å². The zero-order valence-electron chi connectivity index (χ0n) is 20.3. The molecule has 2 N–H and O–H groups in total. The molecule has 0 aromatic heterocycles. The van der Waals surface area contributed by atoms with Gasteiger partial charge in [-0.15, -0.1) is 0 Å². The molecule has 0 saturated heterocycles. The zero-order valence-corrected chi connectivity index (χ0v) is 21.3. The van der Waals surface area contributed by atoms with Crippen LogP contribution in [0.3, 0.4) is 0 Å². The predicted molar refractivity (Wildman–Crippen MR) is 139 cm³/mol. The molecule has 9 nitrogen and oxygen atoms in total. The van der Waals surface area contributed by atoms with Crippen LogP contribution in [0.15, 0.2) is 54.6 Å². The fourth-order valence-corrected chi connectivity index (χ4v) is 6.20. The van der Waals surface area contributed by atoms with Gasteiger partial charge in [0.2, 0.25) is 0 Å². The lowest BCUT2D eigenvalue weighted by atomic mass is 9.75. The minimum atomic E-state index is -2.21. The van der Waals surface area contributed by atoms with E-state index in [0.717, 1.165) is 71.8 Å². The lowest BCUT2D eigenvalue weighted by Crippen LogP contribution is -2.37. The van der Waals surface area contributed by atoms with Gasteiger partial charge in [0.15, 0.2) is 8.32 Å². The van der Waals surface area contributed by atoms with Crippen molar-refractivity contribution in [3.63, 3.8) is 0 Å². The molecule has 188 valence electrons. The molecule has 10 heteroatoms. The molecule has 0 bridgehead atoms. The summed E-state index contributed by atoms with van der Waals surface area (Å²) >= 11 is 0. The van der Waals surface area contributed by atoms with E-state index in [4.69, 9.17) is 0 Å². The molecule has 1 aliphatic carbocycles. The van der Waals surface area contributed by atoms with Gasteiger partial charge in [0.25, 0.3) is 17.3 Å². The van der Waals surface area contributed by atoms with Crippen molar-refractivity contribution in [1.29, 1.82) is 0 Å². The van der Waals surface area contributed by atoms with Gasteiger partial charge in [-0.1, -0.05) is 42.8 Å². The molecule has 1 aliphatic rings. The first-order valence-corrected chi connectivity index (χ1v) is 15.2. The molecule has 0 saturated carbocycles. The van der Waals surface area contributed by atoms with E-state index in [9.17, 15) is 29.8 Å². The third-order valence-electron chi connectivity index (χ3n) is 6.86. The van der Waals surface area contributed by atoms with Crippen molar-refractivity contribution in [2.45, 2.75) is 50.9 Å². The van der Waals surface area contributed by atoms with Crippen molar-refractivity contribution in [2.24, 2.45) is 5.92 Å². The Kier molecular flexibility index (Phi) is 7.18. The van der Waals surface area contributed by atoms with Crippen LogP contribution in [-0.4, -0.2) is 28.9 Å². The second-order valence-electron chi connectivity index (χ2n) is 10.1. The molecule has 4 rings (SSSR count). The van der Waals surface area contributed by atoms with Crippen molar-refractivity contribution in [3.8, 4) is 0 Å². The quantitative estimate of drug-likeness (QED) is 0.229. The third-order valence-corrected chi connectivity index (χ3v) is 8.44. The number of rotatable bonds is 8. The van der Waals surface area contributed by atoms with Crippen LogP contribution in [0.1, 0.15) is 46.8 Å². The van der Waals surface area contributed by atoms with Gasteiger partial charge in [-0.2, -0.15) is 0 Å². The summed E-state index contributed by atoms with van der Waals surface area (Å²) < 4.78 is 0. The molecular formula is C26H29N3O6Si. The Morgan fingerprint density at radius 3 is 2.36 bits per heavy atom. The zero-order chi connectivity index (χ0) is 26.0. The van der Waals surface area contributed by atoms with Gasteiger partial charge in [0.1, 0.15) is 0 Å². The van der Waals surface area contributed by atoms with Gasteiger partial charge >= 0.3 is 0 Å². The van der Waals surface area contributed by atoms with Crippen molar-refractivity contribution < 1.29 is 19.4 Å². The summed E-state index contributed by atoms with van der Waals surface area (Å²) in [5.41, 5.74) is 1.03. The van der Waals surface area contributed by atoms with Crippen molar-refractivity contribution in [1.82, 2.24) is 5.32 Å². The first kappa shape index (κ1) is 25.5. The van der Waals surface area contributed by atoms with E-state index in [2.05, 4.69) is 17.4 Å². The molecule has 1 amide bonds. The lowest BCUT2D eigenvalue weighted by Gasteiger charge is -2.35. The highest BCUT2D eigenvalue weighted by Gasteiger charge is 2.33. The summed E-state index contributed by atoms with van der Waals surface area (Å²) in [5.74, 6) is -0.494.